The first-order chi connectivity index (χ1) is 9.30. The van der Waals surface area contributed by atoms with Gasteiger partial charge in [-0.3, -0.25) is 0 Å². The second kappa shape index (κ2) is 4.93. The zero-order valence-corrected chi connectivity index (χ0v) is 11.5. The van der Waals surface area contributed by atoms with Gasteiger partial charge in [0.25, 0.3) is 0 Å². The van der Waals surface area contributed by atoms with Crippen LogP contribution in [-0.4, -0.2) is 28.3 Å². The van der Waals surface area contributed by atoms with Gasteiger partial charge < -0.3 is 9.72 Å². The van der Waals surface area contributed by atoms with Gasteiger partial charge in [-0.25, -0.2) is 4.98 Å². The molecule has 96 valence electrons. The van der Waals surface area contributed by atoms with Crippen LogP contribution in [0.15, 0.2) is 41.3 Å². The van der Waals surface area contributed by atoms with E-state index in [0.717, 1.165) is 16.9 Å². The minimum Gasteiger partial charge on any atom is -0.481 e. The number of aromatic amines is 1. The van der Waals surface area contributed by atoms with Crippen molar-refractivity contribution in [1.82, 2.24) is 15.0 Å². The molecule has 0 unspecified atom stereocenters. The Balaban J connectivity index is 2.04. The topological polar surface area (TPSA) is 50.8 Å². The number of fused-ring (bicyclic) bond motifs is 1. The number of hydrogen-bond acceptors (Lipinski definition) is 4. The highest BCUT2D eigenvalue weighted by atomic mass is 32.2. The van der Waals surface area contributed by atoms with Crippen molar-refractivity contribution in [2.75, 3.05) is 13.4 Å². The first-order valence-corrected chi connectivity index (χ1v) is 7.08. The van der Waals surface area contributed by atoms with Gasteiger partial charge in [0.1, 0.15) is 5.82 Å². The van der Waals surface area contributed by atoms with Crippen LogP contribution < -0.4 is 4.74 Å². The van der Waals surface area contributed by atoms with Crippen LogP contribution in [0.4, 0.5) is 0 Å². The molecule has 0 aliphatic carbocycles. The van der Waals surface area contributed by atoms with Crippen LogP contribution in [0.2, 0.25) is 0 Å². The van der Waals surface area contributed by atoms with E-state index in [-0.39, 0.29) is 0 Å². The van der Waals surface area contributed by atoms with E-state index in [1.54, 1.807) is 18.9 Å². The lowest BCUT2D eigenvalue weighted by molar-refractivity contribution is 0.399. The summed E-state index contributed by atoms with van der Waals surface area (Å²) in [5.41, 5.74) is 2.63. The van der Waals surface area contributed by atoms with Gasteiger partial charge in [0.05, 0.1) is 12.6 Å². The van der Waals surface area contributed by atoms with Crippen molar-refractivity contribution < 1.29 is 4.74 Å². The number of pyridine rings is 1. The summed E-state index contributed by atoms with van der Waals surface area (Å²) in [7, 11) is 1.60. The maximum atomic E-state index is 5.10. The van der Waals surface area contributed by atoms with Crippen molar-refractivity contribution in [3.8, 4) is 17.3 Å². The average molecular weight is 271 g/mol. The van der Waals surface area contributed by atoms with Gasteiger partial charge in [0, 0.05) is 16.5 Å². The second-order valence-electron chi connectivity index (χ2n) is 4.04. The van der Waals surface area contributed by atoms with Crippen LogP contribution >= 0.6 is 11.8 Å². The van der Waals surface area contributed by atoms with Crippen LogP contribution in [0, 0.1) is 0 Å². The van der Waals surface area contributed by atoms with Crippen molar-refractivity contribution >= 4 is 22.9 Å². The molecule has 0 fully saturated rings. The molecular weight excluding hydrogens is 258 g/mol. The summed E-state index contributed by atoms with van der Waals surface area (Å²) in [6.45, 7) is 0. The number of rotatable bonds is 3. The zero-order valence-electron chi connectivity index (χ0n) is 10.7. The fraction of sp³-hybridized carbons (Fsp3) is 0.143. The molecule has 3 rings (SSSR count). The molecule has 0 aliphatic heterocycles. The number of thioether (sulfide) groups is 1. The Hall–Kier alpha value is -2.01. The highest BCUT2D eigenvalue weighted by Crippen LogP contribution is 2.23. The lowest BCUT2D eigenvalue weighted by atomic mass is 10.2. The summed E-state index contributed by atoms with van der Waals surface area (Å²) >= 11 is 1.72. The normalized spacial score (nSPS) is 10.8. The maximum absolute atomic E-state index is 5.10. The molecule has 2 heterocycles. The number of imidazole rings is 1. The van der Waals surface area contributed by atoms with Gasteiger partial charge in [0.15, 0.2) is 5.65 Å². The predicted molar refractivity (Wildman–Crippen MR) is 77.7 cm³/mol. The molecule has 0 amide bonds. The largest absolute Gasteiger partial charge is 0.481 e. The number of methoxy groups -OCH3 is 1. The summed E-state index contributed by atoms with van der Waals surface area (Å²) in [6, 6.07) is 12.0. The highest BCUT2D eigenvalue weighted by Gasteiger charge is 2.07. The molecule has 3 aromatic rings. The van der Waals surface area contributed by atoms with E-state index in [1.807, 2.05) is 12.1 Å². The Morgan fingerprint density at radius 1 is 1.05 bits per heavy atom. The number of aromatic nitrogens is 3. The van der Waals surface area contributed by atoms with Gasteiger partial charge in [-0.05, 0) is 24.5 Å². The van der Waals surface area contributed by atoms with Gasteiger partial charge in [-0.15, -0.1) is 11.8 Å². The number of H-pyrrole nitrogens is 1. The van der Waals surface area contributed by atoms with Crippen LogP contribution in [0.3, 0.4) is 0 Å². The summed E-state index contributed by atoms with van der Waals surface area (Å²) in [5.74, 6) is 1.40. The molecule has 0 radical (unpaired) electrons. The fourth-order valence-electron chi connectivity index (χ4n) is 1.87. The molecule has 1 aromatic carbocycles. The minimum atomic E-state index is 0.572. The Morgan fingerprint density at radius 3 is 2.53 bits per heavy atom. The third-order valence-corrected chi connectivity index (χ3v) is 3.64. The van der Waals surface area contributed by atoms with Gasteiger partial charge >= 0.3 is 0 Å². The molecule has 5 heteroatoms. The smallest absolute Gasteiger partial charge is 0.215 e. The molecule has 0 saturated heterocycles. The number of ether oxygens (including phenoxy) is 1. The third kappa shape index (κ3) is 2.29. The van der Waals surface area contributed by atoms with Gasteiger partial charge in [0.2, 0.25) is 5.88 Å². The van der Waals surface area contributed by atoms with Crippen LogP contribution in [0.1, 0.15) is 0 Å². The molecule has 0 bridgehead atoms. The minimum absolute atomic E-state index is 0.572. The van der Waals surface area contributed by atoms with Crippen LogP contribution in [0.5, 0.6) is 5.88 Å². The van der Waals surface area contributed by atoms with E-state index >= 15 is 0 Å². The summed E-state index contributed by atoms with van der Waals surface area (Å²) in [4.78, 5) is 13.3. The van der Waals surface area contributed by atoms with E-state index in [2.05, 4.69) is 45.5 Å². The molecule has 0 spiro atoms. The van der Waals surface area contributed by atoms with Crippen molar-refractivity contribution in [3.05, 3.63) is 36.4 Å². The Morgan fingerprint density at radius 2 is 1.84 bits per heavy atom. The maximum Gasteiger partial charge on any atom is 0.215 e. The number of hydrogen-bond donors (Lipinski definition) is 1. The van der Waals surface area contributed by atoms with Crippen LogP contribution in [0.25, 0.3) is 22.6 Å². The molecule has 19 heavy (non-hydrogen) atoms. The molecule has 4 nitrogen and oxygen atoms in total. The predicted octanol–water partition coefficient (Wildman–Crippen LogP) is 3.36. The molecule has 2 aromatic heterocycles. The van der Waals surface area contributed by atoms with E-state index in [0.29, 0.717) is 11.5 Å². The highest BCUT2D eigenvalue weighted by molar-refractivity contribution is 7.98. The number of nitrogens with one attached hydrogen (secondary N) is 1. The number of nitrogens with zero attached hydrogens (tertiary/aromatic N) is 2. The quantitative estimate of drug-likeness (QED) is 0.742. The van der Waals surface area contributed by atoms with Gasteiger partial charge in [-0.2, -0.15) is 4.98 Å². The van der Waals surface area contributed by atoms with Crippen molar-refractivity contribution in [1.29, 1.82) is 0 Å². The average Bonchev–Trinajstić information content (AvgIpc) is 2.90. The van der Waals surface area contributed by atoms with E-state index in [1.165, 1.54) is 4.90 Å². The van der Waals surface area contributed by atoms with Crippen molar-refractivity contribution in [2.24, 2.45) is 0 Å². The zero-order chi connectivity index (χ0) is 13.2. The lowest BCUT2D eigenvalue weighted by Gasteiger charge is -1.98. The monoisotopic (exact) mass is 271 g/mol. The molecule has 0 atom stereocenters. The first-order valence-electron chi connectivity index (χ1n) is 5.85. The second-order valence-corrected chi connectivity index (χ2v) is 4.92. The molecular formula is C14H13N3OS. The summed E-state index contributed by atoms with van der Waals surface area (Å²) < 4.78 is 5.10. The van der Waals surface area contributed by atoms with Gasteiger partial charge in [-0.1, -0.05) is 12.1 Å². The SMILES string of the molecule is COc1ccc2[nH]c(-c3ccc(SC)cc3)nc2n1. The van der Waals surface area contributed by atoms with Crippen molar-refractivity contribution in [2.45, 2.75) is 4.90 Å². The van der Waals surface area contributed by atoms with E-state index in [9.17, 15) is 0 Å². The first kappa shape index (κ1) is 12.0. The molecule has 0 aliphatic rings. The summed E-state index contributed by atoms with van der Waals surface area (Å²) in [5, 5.41) is 0. The lowest BCUT2D eigenvalue weighted by Crippen LogP contribution is -1.86. The Labute approximate surface area is 115 Å². The van der Waals surface area contributed by atoms with E-state index < -0.39 is 0 Å². The Kier molecular flexibility index (Phi) is 3.13. The van der Waals surface area contributed by atoms with Crippen LogP contribution in [-0.2, 0) is 0 Å². The fourth-order valence-corrected chi connectivity index (χ4v) is 2.28. The van der Waals surface area contributed by atoms with E-state index in [4.69, 9.17) is 4.74 Å². The van der Waals surface area contributed by atoms with Crippen molar-refractivity contribution in [3.63, 3.8) is 0 Å². The molecule has 0 saturated carbocycles. The Bertz CT molecular complexity index is 706. The molecule has 1 N–H and O–H groups in total. The summed E-state index contributed by atoms with van der Waals surface area (Å²) in [6.07, 6.45) is 2.06. The standard InChI is InChI=1S/C14H13N3OS/c1-18-12-8-7-11-14(16-12)17-13(15-11)9-3-5-10(19-2)6-4-9/h3-8H,1-2H3,(H,15,16,17). The third-order valence-electron chi connectivity index (χ3n) is 2.89. The number of benzene rings is 1.